The summed E-state index contributed by atoms with van der Waals surface area (Å²) in [5, 5.41) is 0. The molecule has 4 nitrogen and oxygen atoms in total. The number of nitrogens with zero attached hydrogens (tertiary/aromatic N) is 1. The number of benzene rings is 1. The number of ether oxygens (including phenoxy) is 1. The molecule has 4 rings (SSSR count). The Balaban J connectivity index is 1.93. The minimum Gasteiger partial charge on any atom is -0.496 e. The molecule has 110 valence electrons. The number of hydrogen-bond donors (Lipinski definition) is 0. The van der Waals surface area contributed by atoms with Gasteiger partial charge in [-0.1, -0.05) is 0 Å². The number of carbonyl (C=O) groups excluding carboxylic acids is 2. The SMILES string of the molecule is COc1cc2c(c3c1CCCC3=O)CCN1C(=O)CCC21. The first kappa shape index (κ1) is 12.9. The molecule has 1 unspecified atom stereocenters. The van der Waals surface area contributed by atoms with E-state index in [2.05, 4.69) is 6.07 Å². The summed E-state index contributed by atoms with van der Waals surface area (Å²) in [6.07, 6.45) is 4.76. The van der Waals surface area contributed by atoms with Gasteiger partial charge in [-0.25, -0.2) is 0 Å². The van der Waals surface area contributed by atoms with E-state index in [1.807, 2.05) is 4.90 Å². The Hall–Kier alpha value is -1.84. The van der Waals surface area contributed by atoms with Gasteiger partial charge >= 0.3 is 0 Å². The Labute approximate surface area is 124 Å². The molecule has 2 heterocycles. The minimum absolute atomic E-state index is 0.148. The third-order valence-corrected chi connectivity index (χ3v) is 5.16. The van der Waals surface area contributed by atoms with Crippen LogP contribution in [0.4, 0.5) is 0 Å². The van der Waals surface area contributed by atoms with Gasteiger partial charge in [-0.05, 0) is 42.9 Å². The number of rotatable bonds is 1. The topological polar surface area (TPSA) is 46.6 Å². The molecule has 21 heavy (non-hydrogen) atoms. The molecule has 1 atom stereocenters. The molecule has 0 aromatic heterocycles. The van der Waals surface area contributed by atoms with Crippen molar-refractivity contribution < 1.29 is 14.3 Å². The fourth-order valence-electron chi connectivity index (χ4n) is 4.22. The number of methoxy groups -OCH3 is 1. The lowest BCUT2D eigenvalue weighted by Gasteiger charge is -2.35. The van der Waals surface area contributed by atoms with E-state index in [1.165, 1.54) is 5.56 Å². The van der Waals surface area contributed by atoms with Crippen LogP contribution in [0.3, 0.4) is 0 Å². The number of ketones is 1. The van der Waals surface area contributed by atoms with Crippen molar-refractivity contribution in [2.75, 3.05) is 13.7 Å². The highest BCUT2D eigenvalue weighted by Crippen LogP contribution is 2.44. The highest BCUT2D eigenvalue weighted by Gasteiger charge is 2.39. The number of carbonyl (C=O) groups is 2. The number of hydrogen-bond acceptors (Lipinski definition) is 3. The normalized spacial score (nSPS) is 23.7. The van der Waals surface area contributed by atoms with Gasteiger partial charge in [0.15, 0.2) is 5.78 Å². The summed E-state index contributed by atoms with van der Waals surface area (Å²) in [6, 6.07) is 2.23. The molecule has 1 amide bonds. The van der Waals surface area contributed by atoms with Crippen LogP contribution in [0.1, 0.15) is 58.8 Å². The molecular formula is C17H19NO3. The van der Waals surface area contributed by atoms with E-state index >= 15 is 0 Å². The van der Waals surface area contributed by atoms with Gasteiger partial charge in [-0.15, -0.1) is 0 Å². The average Bonchev–Trinajstić information content (AvgIpc) is 2.88. The molecule has 0 saturated carbocycles. The molecule has 1 saturated heterocycles. The molecule has 0 N–H and O–H groups in total. The Kier molecular flexibility index (Phi) is 2.81. The second-order valence-electron chi connectivity index (χ2n) is 6.17. The lowest BCUT2D eigenvalue weighted by molar-refractivity contribution is -0.129. The maximum absolute atomic E-state index is 12.4. The Bertz CT molecular complexity index is 650. The van der Waals surface area contributed by atoms with Crippen molar-refractivity contribution in [3.05, 3.63) is 28.3 Å². The van der Waals surface area contributed by atoms with E-state index in [4.69, 9.17) is 4.74 Å². The van der Waals surface area contributed by atoms with Gasteiger partial charge in [0, 0.05) is 30.5 Å². The molecule has 1 aromatic carbocycles. The van der Waals surface area contributed by atoms with Crippen LogP contribution in [-0.4, -0.2) is 30.2 Å². The number of amides is 1. The molecular weight excluding hydrogens is 266 g/mol. The molecule has 3 aliphatic rings. The van der Waals surface area contributed by atoms with E-state index in [9.17, 15) is 9.59 Å². The number of Topliss-reactive ketones (excluding diaryl/α,β-unsaturated/α-hetero) is 1. The van der Waals surface area contributed by atoms with E-state index in [-0.39, 0.29) is 17.7 Å². The van der Waals surface area contributed by atoms with Crippen LogP contribution in [-0.2, 0) is 17.6 Å². The highest BCUT2D eigenvalue weighted by atomic mass is 16.5. The summed E-state index contributed by atoms with van der Waals surface area (Å²) < 4.78 is 5.55. The molecule has 0 bridgehead atoms. The largest absolute Gasteiger partial charge is 0.496 e. The summed E-state index contributed by atoms with van der Waals surface area (Å²) >= 11 is 0. The van der Waals surface area contributed by atoms with Crippen LogP contribution >= 0.6 is 0 Å². The minimum atomic E-state index is 0.148. The zero-order valence-corrected chi connectivity index (χ0v) is 12.3. The second kappa shape index (κ2) is 4.58. The fourth-order valence-corrected chi connectivity index (χ4v) is 4.22. The van der Waals surface area contributed by atoms with E-state index in [1.54, 1.807) is 7.11 Å². The van der Waals surface area contributed by atoms with E-state index < -0.39 is 0 Å². The van der Waals surface area contributed by atoms with Crippen molar-refractivity contribution >= 4 is 11.7 Å². The predicted molar refractivity (Wildman–Crippen MR) is 77.7 cm³/mol. The molecule has 0 radical (unpaired) electrons. The van der Waals surface area contributed by atoms with Crippen molar-refractivity contribution in [3.63, 3.8) is 0 Å². The summed E-state index contributed by atoms with van der Waals surface area (Å²) in [5.41, 5.74) is 4.34. The Morgan fingerprint density at radius 1 is 1.14 bits per heavy atom. The van der Waals surface area contributed by atoms with Crippen molar-refractivity contribution in [2.45, 2.75) is 44.6 Å². The lowest BCUT2D eigenvalue weighted by atomic mass is 9.80. The average molecular weight is 285 g/mol. The zero-order chi connectivity index (χ0) is 14.6. The third-order valence-electron chi connectivity index (χ3n) is 5.16. The number of fused-ring (bicyclic) bond motifs is 5. The fraction of sp³-hybridized carbons (Fsp3) is 0.529. The van der Waals surface area contributed by atoms with Gasteiger partial charge in [0.05, 0.1) is 13.2 Å². The molecule has 2 aliphatic heterocycles. The Morgan fingerprint density at radius 2 is 2.00 bits per heavy atom. The molecule has 0 spiro atoms. The van der Waals surface area contributed by atoms with Crippen LogP contribution in [0.2, 0.25) is 0 Å². The first-order valence-corrected chi connectivity index (χ1v) is 7.76. The van der Waals surface area contributed by atoms with Crippen LogP contribution < -0.4 is 4.74 Å². The maximum Gasteiger partial charge on any atom is 0.223 e. The van der Waals surface area contributed by atoms with Crippen LogP contribution in [0.25, 0.3) is 0 Å². The van der Waals surface area contributed by atoms with E-state index in [0.717, 1.165) is 54.7 Å². The summed E-state index contributed by atoms with van der Waals surface area (Å²) in [4.78, 5) is 26.4. The molecule has 1 aromatic rings. The highest BCUT2D eigenvalue weighted by molar-refractivity contribution is 6.01. The van der Waals surface area contributed by atoms with Crippen LogP contribution in [0.15, 0.2) is 6.07 Å². The van der Waals surface area contributed by atoms with Crippen molar-refractivity contribution in [3.8, 4) is 5.75 Å². The van der Waals surface area contributed by atoms with Gasteiger partial charge in [-0.2, -0.15) is 0 Å². The van der Waals surface area contributed by atoms with Crippen LogP contribution in [0.5, 0.6) is 5.75 Å². The molecule has 1 aliphatic carbocycles. The standard InChI is InChI=1S/C17H19NO3/c1-21-15-9-12-10(17-11(15)3-2-4-14(17)19)7-8-18-13(12)5-6-16(18)20/h9,13H,2-8H2,1H3. The van der Waals surface area contributed by atoms with Gasteiger partial charge in [0.25, 0.3) is 0 Å². The Morgan fingerprint density at radius 3 is 2.81 bits per heavy atom. The monoisotopic (exact) mass is 285 g/mol. The predicted octanol–water partition coefficient (Wildman–Crippen LogP) is 2.43. The van der Waals surface area contributed by atoms with Gasteiger partial charge in [0.1, 0.15) is 5.75 Å². The smallest absolute Gasteiger partial charge is 0.223 e. The van der Waals surface area contributed by atoms with Gasteiger partial charge in [-0.3, -0.25) is 9.59 Å². The third kappa shape index (κ3) is 1.74. The summed E-state index contributed by atoms with van der Waals surface area (Å²) in [6.45, 7) is 0.753. The van der Waals surface area contributed by atoms with Crippen molar-refractivity contribution in [2.24, 2.45) is 0 Å². The molecule has 4 heteroatoms. The van der Waals surface area contributed by atoms with E-state index in [0.29, 0.717) is 12.8 Å². The lowest BCUT2D eigenvalue weighted by Crippen LogP contribution is -2.35. The first-order chi connectivity index (χ1) is 10.2. The maximum atomic E-state index is 12.4. The zero-order valence-electron chi connectivity index (χ0n) is 12.3. The molecule has 1 fully saturated rings. The van der Waals surface area contributed by atoms with Crippen LogP contribution in [0, 0.1) is 0 Å². The van der Waals surface area contributed by atoms with Gasteiger partial charge in [0.2, 0.25) is 5.91 Å². The van der Waals surface area contributed by atoms with Gasteiger partial charge < -0.3 is 9.64 Å². The van der Waals surface area contributed by atoms with Crippen molar-refractivity contribution in [1.29, 1.82) is 0 Å². The van der Waals surface area contributed by atoms with Crippen molar-refractivity contribution in [1.82, 2.24) is 4.90 Å². The summed E-state index contributed by atoms with van der Waals surface area (Å²) in [5.74, 6) is 1.33. The quantitative estimate of drug-likeness (QED) is 0.796. The second-order valence-corrected chi connectivity index (χ2v) is 6.17. The first-order valence-electron chi connectivity index (χ1n) is 7.76. The summed E-state index contributed by atoms with van der Waals surface area (Å²) in [7, 11) is 1.67.